The summed E-state index contributed by atoms with van der Waals surface area (Å²) >= 11 is 0. The van der Waals surface area contributed by atoms with Crippen LogP contribution in [-0.4, -0.2) is 33.7 Å². The lowest BCUT2D eigenvalue weighted by Crippen LogP contribution is -2.50. The van der Waals surface area contributed by atoms with Gasteiger partial charge in [-0.2, -0.15) is 0 Å². The molecule has 2 aliphatic rings. The number of hydrogen-bond donors (Lipinski definition) is 1. The molecule has 1 aromatic rings. The predicted molar refractivity (Wildman–Crippen MR) is 80.9 cm³/mol. The minimum atomic E-state index is -0.220. The molecule has 114 valence electrons. The van der Waals surface area contributed by atoms with Gasteiger partial charge in [0.05, 0.1) is 17.9 Å². The largest absolute Gasteiger partial charge is 0.444 e. The Morgan fingerprint density at radius 2 is 2.14 bits per heavy atom. The molecule has 3 rings (SSSR count). The average Bonchev–Trinajstić information content (AvgIpc) is 2.73. The molecule has 1 aliphatic heterocycles. The van der Waals surface area contributed by atoms with Gasteiger partial charge in [0.25, 0.3) is 0 Å². The molecule has 2 fully saturated rings. The van der Waals surface area contributed by atoms with Gasteiger partial charge < -0.3 is 10.5 Å². The summed E-state index contributed by atoms with van der Waals surface area (Å²) in [5, 5.41) is 0. The van der Waals surface area contributed by atoms with Gasteiger partial charge >= 0.3 is 6.09 Å². The van der Waals surface area contributed by atoms with Crippen molar-refractivity contribution in [1.29, 1.82) is 0 Å². The highest BCUT2D eigenvalue weighted by Crippen LogP contribution is 2.43. The fourth-order valence-electron chi connectivity index (χ4n) is 3.69. The van der Waals surface area contributed by atoms with Gasteiger partial charge in [-0.05, 0) is 57.6 Å². The number of ether oxygens (including phenoxy) is 1. The van der Waals surface area contributed by atoms with E-state index in [-0.39, 0.29) is 23.8 Å². The van der Waals surface area contributed by atoms with Gasteiger partial charge in [0.15, 0.2) is 0 Å². The van der Waals surface area contributed by atoms with Crippen molar-refractivity contribution in [1.82, 2.24) is 9.88 Å². The Morgan fingerprint density at radius 1 is 1.38 bits per heavy atom. The van der Waals surface area contributed by atoms with Crippen LogP contribution in [0.4, 0.5) is 10.5 Å². The molecule has 2 N–H and O–H groups in total. The topological polar surface area (TPSA) is 68.5 Å². The van der Waals surface area contributed by atoms with Gasteiger partial charge in [-0.15, -0.1) is 0 Å². The third-order valence-electron chi connectivity index (χ3n) is 4.58. The van der Waals surface area contributed by atoms with E-state index >= 15 is 0 Å². The molecule has 21 heavy (non-hydrogen) atoms. The minimum absolute atomic E-state index is 0.0241. The zero-order valence-corrected chi connectivity index (χ0v) is 12.9. The summed E-state index contributed by atoms with van der Waals surface area (Å²) < 4.78 is 5.56. The standard InChI is InChI=1S/C16H23N3O2/c1-16(2,3)19-13-8-10(4-5-14(13)21-15(19)20)11-6-7-18-9-12(11)17/h6-7,9-10,13-14H,4-5,8,17H2,1-3H3. The van der Waals surface area contributed by atoms with E-state index in [0.717, 1.165) is 30.5 Å². The summed E-state index contributed by atoms with van der Waals surface area (Å²) in [4.78, 5) is 18.1. The summed E-state index contributed by atoms with van der Waals surface area (Å²) in [5.74, 6) is 0.369. The number of pyridine rings is 1. The zero-order chi connectivity index (χ0) is 15.2. The average molecular weight is 289 g/mol. The molecule has 0 radical (unpaired) electrons. The Hall–Kier alpha value is -1.78. The maximum Gasteiger partial charge on any atom is 0.410 e. The quantitative estimate of drug-likeness (QED) is 0.863. The van der Waals surface area contributed by atoms with Crippen LogP contribution in [-0.2, 0) is 4.74 Å². The maximum absolute atomic E-state index is 12.2. The molecular weight excluding hydrogens is 266 g/mol. The summed E-state index contributed by atoms with van der Waals surface area (Å²) in [7, 11) is 0. The lowest BCUT2D eigenvalue weighted by Gasteiger charge is -2.39. The highest BCUT2D eigenvalue weighted by molar-refractivity contribution is 5.72. The molecule has 2 heterocycles. The van der Waals surface area contributed by atoms with E-state index in [0.29, 0.717) is 5.92 Å². The van der Waals surface area contributed by atoms with Crippen molar-refractivity contribution in [3.05, 3.63) is 24.0 Å². The van der Waals surface area contributed by atoms with Crippen LogP contribution in [0, 0.1) is 0 Å². The maximum atomic E-state index is 12.2. The van der Waals surface area contributed by atoms with Crippen LogP contribution in [0.2, 0.25) is 0 Å². The van der Waals surface area contributed by atoms with E-state index < -0.39 is 0 Å². The summed E-state index contributed by atoms with van der Waals surface area (Å²) in [6, 6.07) is 2.14. The molecule has 1 aromatic heterocycles. The van der Waals surface area contributed by atoms with E-state index in [1.807, 2.05) is 11.0 Å². The molecule has 1 saturated heterocycles. The number of anilines is 1. The highest BCUT2D eigenvalue weighted by atomic mass is 16.6. The first kappa shape index (κ1) is 14.2. The molecule has 0 bridgehead atoms. The number of rotatable bonds is 1. The van der Waals surface area contributed by atoms with Crippen molar-refractivity contribution in [3.63, 3.8) is 0 Å². The van der Waals surface area contributed by atoms with Gasteiger partial charge in [0.2, 0.25) is 0 Å². The van der Waals surface area contributed by atoms with Crippen molar-refractivity contribution in [3.8, 4) is 0 Å². The van der Waals surface area contributed by atoms with Crippen molar-refractivity contribution < 1.29 is 9.53 Å². The van der Waals surface area contributed by atoms with Gasteiger partial charge in [-0.3, -0.25) is 9.88 Å². The summed E-state index contributed by atoms with van der Waals surface area (Å²) in [5.41, 5.74) is 7.74. The molecule has 5 nitrogen and oxygen atoms in total. The molecule has 0 spiro atoms. The van der Waals surface area contributed by atoms with Crippen LogP contribution in [0.1, 0.15) is 51.5 Å². The summed E-state index contributed by atoms with van der Waals surface area (Å²) in [6.45, 7) is 6.17. The molecule has 5 heteroatoms. The first-order chi connectivity index (χ1) is 9.88. The van der Waals surface area contributed by atoms with Crippen LogP contribution < -0.4 is 5.73 Å². The fraction of sp³-hybridized carbons (Fsp3) is 0.625. The van der Waals surface area contributed by atoms with E-state index in [4.69, 9.17) is 10.5 Å². The SMILES string of the molecule is CC(C)(C)N1C(=O)OC2CCC(c3ccncc3N)CC21. The summed E-state index contributed by atoms with van der Waals surface area (Å²) in [6.07, 6.45) is 6.14. The van der Waals surface area contributed by atoms with Gasteiger partial charge in [-0.25, -0.2) is 4.79 Å². The number of fused-ring (bicyclic) bond motifs is 1. The van der Waals surface area contributed by atoms with Crippen molar-refractivity contribution in [2.75, 3.05) is 5.73 Å². The Labute approximate surface area is 125 Å². The van der Waals surface area contributed by atoms with Crippen LogP contribution in [0.25, 0.3) is 0 Å². The zero-order valence-electron chi connectivity index (χ0n) is 12.9. The molecule has 3 atom stereocenters. The Kier molecular flexibility index (Phi) is 3.30. The molecule has 1 saturated carbocycles. The van der Waals surface area contributed by atoms with Crippen LogP contribution in [0.3, 0.4) is 0 Å². The number of carbonyl (C=O) groups excluding carboxylic acids is 1. The molecule has 3 unspecified atom stereocenters. The van der Waals surface area contributed by atoms with Gasteiger partial charge in [0.1, 0.15) is 6.10 Å². The van der Waals surface area contributed by atoms with Crippen molar-refractivity contribution >= 4 is 11.8 Å². The van der Waals surface area contributed by atoms with E-state index in [1.54, 1.807) is 12.4 Å². The van der Waals surface area contributed by atoms with Gasteiger partial charge in [-0.1, -0.05) is 0 Å². The number of nitrogen functional groups attached to an aromatic ring is 1. The van der Waals surface area contributed by atoms with E-state index in [9.17, 15) is 4.79 Å². The second-order valence-electron chi connectivity index (χ2n) is 7.04. The Morgan fingerprint density at radius 3 is 2.81 bits per heavy atom. The van der Waals surface area contributed by atoms with Crippen molar-refractivity contribution in [2.24, 2.45) is 0 Å². The molecule has 1 amide bonds. The second-order valence-corrected chi connectivity index (χ2v) is 7.04. The monoisotopic (exact) mass is 289 g/mol. The van der Waals surface area contributed by atoms with Gasteiger partial charge in [0, 0.05) is 11.7 Å². The van der Waals surface area contributed by atoms with Crippen LogP contribution >= 0.6 is 0 Å². The normalized spacial score (nSPS) is 29.2. The van der Waals surface area contributed by atoms with E-state index in [1.165, 1.54) is 0 Å². The smallest absolute Gasteiger partial charge is 0.410 e. The number of aromatic nitrogens is 1. The van der Waals surface area contributed by atoms with Crippen molar-refractivity contribution in [2.45, 2.75) is 63.6 Å². The molecular formula is C16H23N3O2. The first-order valence-corrected chi connectivity index (χ1v) is 7.57. The number of nitrogens with zero attached hydrogens (tertiary/aromatic N) is 2. The molecule has 1 aliphatic carbocycles. The fourth-order valence-corrected chi connectivity index (χ4v) is 3.69. The third-order valence-corrected chi connectivity index (χ3v) is 4.58. The lowest BCUT2D eigenvalue weighted by molar-refractivity contribution is 0.104. The molecule has 0 aromatic carbocycles. The highest BCUT2D eigenvalue weighted by Gasteiger charge is 2.49. The van der Waals surface area contributed by atoms with Crippen LogP contribution in [0.5, 0.6) is 0 Å². The number of nitrogens with two attached hydrogens (primary N) is 1. The second kappa shape index (κ2) is 4.90. The first-order valence-electron chi connectivity index (χ1n) is 7.57. The lowest BCUT2D eigenvalue weighted by atomic mass is 9.78. The predicted octanol–water partition coefficient (Wildman–Crippen LogP) is 2.92. The minimum Gasteiger partial charge on any atom is -0.444 e. The van der Waals surface area contributed by atoms with Crippen LogP contribution in [0.15, 0.2) is 18.5 Å². The number of hydrogen-bond acceptors (Lipinski definition) is 4. The number of carbonyl (C=O) groups is 1. The Balaban J connectivity index is 1.86. The van der Waals surface area contributed by atoms with E-state index in [2.05, 4.69) is 25.8 Å². The number of amides is 1. The Bertz CT molecular complexity index is 553. The third kappa shape index (κ3) is 2.45.